The van der Waals surface area contributed by atoms with Crippen LogP contribution in [0, 0.1) is 5.82 Å². The minimum absolute atomic E-state index is 0. The Bertz CT molecular complexity index is 745. The van der Waals surface area contributed by atoms with Crippen LogP contribution in [0.25, 0.3) is 0 Å². The van der Waals surface area contributed by atoms with Gasteiger partial charge >= 0.3 is 0 Å². The second-order valence-corrected chi connectivity index (χ2v) is 6.30. The summed E-state index contributed by atoms with van der Waals surface area (Å²) in [5, 5.41) is 11.9. The average Bonchev–Trinajstić information content (AvgIpc) is 3.02. The molecule has 1 aliphatic heterocycles. The van der Waals surface area contributed by atoms with Crippen molar-refractivity contribution in [3.05, 3.63) is 47.3 Å². The standard InChI is InChI=1S/C18H25FN6.HI/c1-3-20-18(24(2)13-14-7-6-8-15(19)11-14)21-12-17-23-22-16-9-4-5-10-25(16)17;/h6-8,11H,3-5,9-10,12-13H2,1-2H3,(H,20,21);1H. The van der Waals surface area contributed by atoms with Crippen molar-refractivity contribution < 1.29 is 4.39 Å². The SMILES string of the molecule is CCNC(=NCc1nnc2n1CCCC2)N(C)Cc1cccc(F)c1.I. The number of nitrogens with one attached hydrogen (secondary N) is 1. The van der Waals surface area contributed by atoms with Crippen molar-refractivity contribution >= 4 is 29.9 Å². The summed E-state index contributed by atoms with van der Waals surface area (Å²) in [5.74, 6) is 2.53. The molecule has 6 nitrogen and oxygen atoms in total. The highest BCUT2D eigenvalue weighted by molar-refractivity contribution is 14.0. The fourth-order valence-electron chi connectivity index (χ4n) is 3.08. The summed E-state index contributed by atoms with van der Waals surface area (Å²) in [6.45, 7) is 4.85. The van der Waals surface area contributed by atoms with Gasteiger partial charge in [0.05, 0.1) is 0 Å². The summed E-state index contributed by atoms with van der Waals surface area (Å²) in [7, 11) is 1.95. The maximum atomic E-state index is 13.4. The van der Waals surface area contributed by atoms with Crippen molar-refractivity contribution in [2.45, 2.75) is 45.8 Å². The van der Waals surface area contributed by atoms with Gasteiger partial charge in [-0.3, -0.25) is 0 Å². The molecule has 142 valence electrons. The number of halogens is 2. The zero-order valence-corrected chi connectivity index (χ0v) is 17.6. The smallest absolute Gasteiger partial charge is 0.194 e. The van der Waals surface area contributed by atoms with E-state index in [1.165, 1.54) is 18.9 Å². The van der Waals surface area contributed by atoms with Gasteiger partial charge in [-0.25, -0.2) is 9.38 Å². The summed E-state index contributed by atoms with van der Waals surface area (Å²) >= 11 is 0. The van der Waals surface area contributed by atoms with E-state index >= 15 is 0 Å². The van der Waals surface area contributed by atoms with E-state index in [1.54, 1.807) is 12.1 Å². The van der Waals surface area contributed by atoms with Crippen LogP contribution in [0.2, 0.25) is 0 Å². The summed E-state index contributed by atoms with van der Waals surface area (Å²) in [4.78, 5) is 6.69. The zero-order chi connectivity index (χ0) is 17.6. The van der Waals surface area contributed by atoms with E-state index < -0.39 is 0 Å². The molecule has 1 aliphatic rings. The molecule has 0 amide bonds. The molecule has 1 N–H and O–H groups in total. The zero-order valence-electron chi connectivity index (χ0n) is 15.3. The number of guanidine groups is 1. The third-order valence-corrected chi connectivity index (χ3v) is 4.31. The topological polar surface area (TPSA) is 58.3 Å². The van der Waals surface area contributed by atoms with E-state index in [1.807, 2.05) is 24.9 Å². The minimum atomic E-state index is -0.220. The lowest BCUT2D eigenvalue weighted by molar-refractivity contribution is 0.472. The van der Waals surface area contributed by atoms with Crippen molar-refractivity contribution in [1.82, 2.24) is 25.0 Å². The van der Waals surface area contributed by atoms with Gasteiger partial charge in [-0.05, 0) is 37.5 Å². The maximum Gasteiger partial charge on any atom is 0.194 e. The van der Waals surface area contributed by atoms with Crippen LogP contribution in [0.1, 0.15) is 37.0 Å². The van der Waals surface area contributed by atoms with Crippen molar-refractivity contribution in [3.63, 3.8) is 0 Å². The van der Waals surface area contributed by atoms with Crippen LogP contribution in [0.4, 0.5) is 4.39 Å². The Labute approximate surface area is 170 Å². The average molecular weight is 472 g/mol. The fraction of sp³-hybridized carbons (Fsp3) is 0.500. The molecule has 2 heterocycles. The summed E-state index contributed by atoms with van der Waals surface area (Å²) < 4.78 is 15.6. The highest BCUT2D eigenvalue weighted by Crippen LogP contribution is 2.15. The molecule has 0 saturated heterocycles. The first-order valence-electron chi connectivity index (χ1n) is 8.82. The third-order valence-electron chi connectivity index (χ3n) is 4.31. The Morgan fingerprint density at radius 1 is 1.35 bits per heavy atom. The van der Waals surface area contributed by atoms with E-state index in [9.17, 15) is 4.39 Å². The molecule has 8 heteroatoms. The van der Waals surface area contributed by atoms with Crippen molar-refractivity contribution in [1.29, 1.82) is 0 Å². The Balaban J connectivity index is 0.00000243. The first-order chi connectivity index (χ1) is 12.2. The molecule has 26 heavy (non-hydrogen) atoms. The molecule has 0 spiro atoms. The molecular formula is C18H26FIN6. The number of aliphatic imine (C=N–C) groups is 1. The lowest BCUT2D eigenvalue weighted by atomic mass is 10.2. The van der Waals surface area contributed by atoms with Gasteiger partial charge in [0.2, 0.25) is 0 Å². The lowest BCUT2D eigenvalue weighted by Gasteiger charge is -2.22. The number of benzene rings is 1. The van der Waals surface area contributed by atoms with Crippen LogP contribution >= 0.6 is 24.0 Å². The number of hydrogen-bond acceptors (Lipinski definition) is 3. The molecule has 0 radical (unpaired) electrons. The Morgan fingerprint density at radius 2 is 2.19 bits per heavy atom. The van der Waals surface area contributed by atoms with Crippen LogP contribution < -0.4 is 5.32 Å². The largest absolute Gasteiger partial charge is 0.357 e. The molecule has 0 aliphatic carbocycles. The molecule has 1 aromatic heterocycles. The minimum Gasteiger partial charge on any atom is -0.357 e. The predicted octanol–water partition coefficient (Wildman–Crippen LogP) is 2.97. The summed E-state index contributed by atoms with van der Waals surface area (Å²) in [6.07, 6.45) is 3.35. The number of nitrogens with zero attached hydrogens (tertiary/aromatic N) is 5. The molecule has 1 aromatic carbocycles. The molecule has 0 atom stereocenters. The summed E-state index contributed by atoms with van der Waals surface area (Å²) in [6, 6.07) is 6.65. The maximum absolute atomic E-state index is 13.4. The Hall–Kier alpha value is -1.71. The molecule has 0 saturated carbocycles. The van der Waals surface area contributed by atoms with Gasteiger partial charge in [0, 0.05) is 33.1 Å². The van der Waals surface area contributed by atoms with Crippen LogP contribution in [-0.4, -0.2) is 39.2 Å². The second-order valence-electron chi connectivity index (χ2n) is 6.30. The lowest BCUT2D eigenvalue weighted by Crippen LogP contribution is -2.38. The first-order valence-corrected chi connectivity index (χ1v) is 8.82. The van der Waals surface area contributed by atoms with E-state index in [0.29, 0.717) is 13.1 Å². The number of aryl methyl sites for hydroxylation is 1. The van der Waals surface area contributed by atoms with Crippen molar-refractivity contribution in [2.24, 2.45) is 4.99 Å². The van der Waals surface area contributed by atoms with Gasteiger partial charge in [0.25, 0.3) is 0 Å². The molecule has 2 aromatic rings. The predicted molar refractivity (Wildman–Crippen MR) is 111 cm³/mol. The number of fused-ring (bicyclic) bond motifs is 1. The highest BCUT2D eigenvalue weighted by atomic mass is 127. The van der Waals surface area contributed by atoms with E-state index in [2.05, 4.69) is 20.1 Å². The van der Waals surface area contributed by atoms with Crippen LogP contribution in [0.3, 0.4) is 0 Å². The van der Waals surface area contributed by atoms with Gasteiger partial charge in [0.15, 0.2) is 11.8 Å². The van der Waals surface area contributed by atoms with Gasteiger partial charge in [0.1, 0.15) is 18.2 Å². The molecule has 3 rings (SSSR count). The van der Waals surface area contributed by atoms with E-state index in [0.717, 1.165) is 42.7 Å². The number of rotatable bonds is 5. The van der Waals surface area contributed by atoms with Gasteiger partial charge in [-0.1, -0.05) is 12.1 Å². The van der Waals surface area contributed by atoms with Gasteiger partial charge < -0.3 is 14.8 Å². The second kappa shape index (κ2) is 9.84. The van der Waals surface area contributed by atoms with Crippen LogP contribution in [0.5, 0.6) is 0 Å². The molecule has 0 bridgehead atoms. The Kier molecular flexibility index (Phi) is 7.80. The van der Waals surface area contributed by atoms with E-state index in [4.69, 9.17) is 4.99 Å². The van der Waals surface area contributed by atoms with Gasteiger partial charge in [-0.2, -0.15) is 0 Å². The first kappa shape index (κ1) is 20.6. The molecule has 0 unspecified atom stereocenters. The van der Waals surface area contributed by atoms with Crippen molar-refractivity contribution in [3.8, 4) is 0 Å². The van der Waals surface area contributed by atoms with Crippen LogP contribution in [-0.2, 0) is 26.1 Å². The normalized spacial score (nSPS) is 13.7. The van der Waals surface area contributed by atoms with Gasteiger partial charge in [-0.15, -0.1) is 34.2 Å². The Morgan fingerprint density at radius 3 is 2.96 bits per heavy atom. The fourth-order valence-corrected chi connectivity index (χ4v) is 3.08. The number of hydrogen-bond donors (Lipinski definition) is 1. The van der Waals surface area contributed by atoms with Crippen LogP contribution in [0.15, 0.2) is 29.3 Å². The summed E-state index contributed by atoms with van der Waals surface area (Å²) in [5.41, 5.74) is 0.910. The van der Waals surface area contributed by atoms with E-state index in [-0.39, 0.29) is 29.8 Å². The molecular weight excluding hydrogens is 446 g/mol. The highest BCUT2D eigenvalue weighted by Gasteiger charge is 2.16. The quantitative estimate of drug-likeness (QED) is 0.413. The third kappa shape index (κ3) is 5.15. The van der Waals surface area contributed by atoms with Crippen molar-refractivity contribution in [2.75, 3.05) is 13.6 Å². The number of aromatic nitrogens is 3. The monoisotopic (exact) mass is 472 g/mol. The molecule has 0 fully saturated rings.